The fourth-order valence-electron chi connectivity index (χ4n) is 1.24. The normalized spacial score (nSPS) is 9.87. The first kappa shape index (κ1) is 9.11. The van der Waals surface area contributed by atoms with Crippen molar-refractivity contribution in [1.29, 1.82) is 0 Å². The molecular formula is C9H5N3O3. The van der Waals surface area contributed by atoms with Crippen LogP contribution in [0.4, 0.5) is 5.69 Å². The Morgan fingerprint density at radius 1 is 1.47 bits per heavy atom. The third-order valence-corrected chi connectivity index (χ3v) is 1.87. The number of nitrogens with zero attached hydrogens (tertiary/aromatic N) is 3. The summed E-state index contributed by atoms with van der Waals surface area (Å²) in [5.74, 6) is -0.128. The third kappa shape index (κ3) is 1.49. The molecule has 0 radical (unpaired) electrons. The number of azide groups is 1. The van der Waals surface area contributed by atoms with Gasteiger partial charge in [0.25, 0.3) is 0 Å². The molecule has 0 saturated carbocycles. The molecule has 0 fully saturated rings. The van der Waals surface area contributed by atoms with Crippen molar-refractivity contribution < 1.29 is 9.52 Å². The van der Waals surface area contributed by atoms with Gasteiger partial charge in [0.1, 0.15) is 5.69 Å². The molecule has 0 aliphatic rings. The van der Waals surface area contributed by atoms with Crippen molar-refractivity contribution in [1.82, 2.24) is 0 Å². The first-order valence-corrected chi connectivity index (χ1v) is 4.03. The van der Waals surface area contributed by atoms with E-state index >= 15 is 0 Å². The molecule has 0 atom stereocenters. The van der Waals surface area contributed by atoms with E-state index in [2.05, 4.69) is 10.0 Å². The van der Waals surface area contributed by atoms with Crippen molar-refractivity contribution in [2.24, 2.45) is 5.11 Å². The molecule has 0 amide bonds. The predicted molar refractivity (Wildman–Crippen MR) is 53.0 cm³/mol. The van der Waals surface area contributed by atoms with E-state index in [1.54, 1.807) is 12.1 Å². The molecule has 0 saturated heterocycles. The molecule has 0 spiro atoms. The third-order valence-electron chi connectivity index (χ3n) is 1.87. The van der Waals surface area contributed by atoms with E-state index in [0.29, 0.717) is 5.39 Å². The summed E-state index contributed by atoms with van der Waals surface area (Å²) in [6, 6.07) is 5.99. The average Bonchev–Trinajstić information content (AvgIpc) is 2.21. The maximum absolute atomic E-state index is 11.2. The fourth-order valence-corrected chi connectivity index (χ4v) is 1.24. The Balaban J connectivity index is 2.88. The summed E-state index contributed by atoms with van der Waals surface area (Å²) >= 11 is 0. The van der Waals surface area contributed by atoms with E-state index in [9.17, 15) is 9.90 Å². The Morgan fingerprint density at radius 3 is 3.00 bits per heavy atom. The maximum Gasteiger partial charge on any atom is 0.346 e. The van der Waals surface area contributed by atoms with Crippen LogP contribution in [0.2, 0.25) is 0 Å². The van der Waals surface area contributed by atoms with Crippen molar-refractivity contribution >= 4 is 16.7 Å². The van der Waals surface area contributed by atoms with Crippen LogP contribution in [0.5, 0.6) is 5.75 Å². The Kier molecular flexibility index (Phi) is 2.04. The van der Waals surface area contributed by atoms with Crippen molar-refractivity contribution in [2.45, 2.75) is 0 Å². The summed E-state index contributed by atoms with van der Waals surface area (Å²) in [6.45, 7) is 0. The van der Waals surface area contributed by atoms with Crippen LogP contribution < -0.4 is 5.63 Å². The fraction of sp³-hybridized carbons (Fsp3) is 0. The highest BCUT2D eigenvalue weighted by atomic mass is 16.4. The Hall–Kier alpha value is -2.46. The summed E-state index contributed by atoms with van der Waals surface area (Å²) in [5, 5.41) is 13.1. The molecule has 0 aliphatic carbocycles. The number of benzene rings is 1. The van der Waals surface area contributed by atoms with E-state index < -0.39 is 5.63 Å². The van der Waals surface area contributed by atoms with Crippen molar-refractivity contribution in [2.75, 3.05) is 0 Å². The van der Waals surface area contributed by atoms with E-state index in [4.69, 9.17) is 9.95 Å². The van der Waals surface area contributed by atoms with E-state index in [1.807, 2.05) is 0 Å². The lowest BCUT2D eigenvalue weighted by atomic mass is 10.2. The average molecular weight is 203 g/mol. The highest BCUT2D eigenvalue weighted by Gasteiger charge is 2.06. The summed E-state index contributed by atoms with van der Waals surface area (Å²) in [4.78, 5) is 13.7. The standard InChI is InChI=1S/C9H5N3O3/c10-12-11-6-4-5-2-1-3-7(13)8(5)15-9(6)14/h1-4,13H. The molecule has 1 heterocycles. The summed E-state index contributed by atoms with van der Waals surface area (Å²) < 4.78 is 4.81. The first-order valence-electron chi connectivity index (χ1n) is 4.03. The van der Waals surface area contributed by atoms with Gasteiger partial charge < -0.3 is 9.52 Å². The van der Waals surface area contributed by atoms with Gasteiger partial charge in [-0.2, -0.15) is 0 Å². The second-order valence-corrected chi connectivity index (χ2v) is 2.80. The van der Waals surface area contributed by atoms with Gasteiger partial charge in [0.05, 0.1) is 0 Å². The molecule has 0 unspecified atom stereocenters. The molecule has 6 heteroatoms. The molecule has 74 valence electrons. The number of rotatable bonds is 1. The Labute approximate surface area is 83.0 Å². The van der Waals surface area contributed by atoms with Gasteiger partial charge in [0.2, 0.25) is 0 Å². The van der Waals surface area contributed by atoms with Crippen LogP contribution in [0.1, 0.15) is 0 Å². The van der Waals surface area contributed by atoms with Crippen LogP contribution >= 0.6 is 0 Å². The van der Waals surface area contributed by atoms with Gasteiger partial charge >= 0.3 is 5.63 Å². The largest absolute Gasteiger partial charge is 0.504 e. The molecule has 1 N–H and O–H groups in total. The number of para-hydroxylation sites is 1. The summed E-state index contributed by atoms with van der Waals surface area (Å²) in [7, 11) is 0. The SMILES string of the molecule is [N-]=[N+]=Nc1cc2cccc(O)c2oc1=O. The van der Waals surface area contributed by atoms with Gasteiger partial charge in [-0.3, -0.25) is 0 Å². The monoisotopic (exact) mass is 203 g/mol. The van der Waals surface area contributed by atoms with Crippen LogP contribution in [0.25, 0.3) is 21.4 Å². The second-order valence-electron chi connectivity index (χ2n) is 2.80. The number of hydrogen-bond acceptors (Lipinski definition) is 4. The minimum absolute atomic E-state index is 0.0828. The quantitative estimate of drug-likeness (QED) is 0.333. The molecular weight excluding hydrogens is 198 g/mol. The number of hydrogen-bond donors (Lipinski definition) is 1. The molecule has 0 bridgehead atoms. The Bertz CT molecular complexity index is 626. The van der Waals surface area contributed by atoms with Crippen molar-refractivity contribution in [3.05, 3.63) is 45.1 Å². The van der Waals surface area contributed by atoms with Crippen LogP contribution in [0, 0.1) is 0 Å². The second kappa shape index (κ2) is 3.36. The highest BCUT2D eigenvalue weighted by molar-refractivity contribution is 5.83. The molecule has 15 heavy (non-hydrogen) atoms. The predicted octanol–water partition coefficient (Wildman–Crippen LogP) is 2.44. The lowest BCUT2D eigenvalue weighted by Crippen LogP contribution is -1.96. The minimum Gasteiger partial charge on any atom is -0.504 e. The zero-order chi connectivity index (χ0) is 10.8. The molecule has 6 nitrogen and oxygen atoms in total. The van der Waals surface area contributed by atoms with Crippen LogP contribution in [0.3, 0.4) is 0 Å². The maximum atomic E-state index is 11.2. The van der Waals surface area contributed by atoms with Gasteiger partial charge in [-0.25, -0.2) is 4.79 Å². The van der Waals surface area contributed by atoms with Gasteiger partial charge in [-0.15, -0.1) is 0 Å². The van der Waals surface area contributed by atoms with Crippen LogP contribution in [0.15, 0.2) is 38.6 Å². The lowest BCUT2D eigenvalue weighted by Gasteiger charge is -1.98. The number of aromatic hydroxyl groups is 1. The molecule has 2 rings (SSSR count). The molecule has 1 aromatic heterocycles. The van der Waals surface area contributed by atoms with Crippen molar-refractivity contribution in [3.8, 4) is 5.75 Å². The zero-order valence-electron chi connectivity index (χ0n) is 7.41. The smallest absolute Gasteiger partial charge is 0.346 e. The molecule has 1 aromatic carbocycles. The number of phenols is 1. The summed E-state index contributed by atoms with van der Waals surface area (Å²) in [6.07, 6.45) is 0. The van der Waals surface area contributed by atoms with Crippen molar-refractivity contribution in [3.63, 3.8) is 0 Å². The Morgan fingerprint density at radius 2 is 2.27 bits per heavy atom. The van der Waals surface area contributed by atoms with Crippen LogP contribution in [-0.4, -0.2) is 5.11 Å². The topological polar surface area (TPSA) is 99.2 Å². The zero-order valence-corrected chi connectivity index (χ0v) is 7.41. The van der Waals surface area contributed by atoms with E-state index in [1.165, 1.54) is 12.1 Å². The minimum atomic E-state index is -0.776. The van der Waals surface area contributed by atoms with Gasteiger partial charge in [0.15, 0.2) is 11.3 Å². The van der Waals surface area contributed by atoms with Gasteiger partial charge in [-0.1, -0.05) is 17.2 Å². The van der Waals surface area contributed by atoms with E-state index in [-0.39, 0.29) is 17.0 Å². The first-order chi connectivity index (χ1) is 7.22. The molecule has 2 aromatic rings. The van der Waals surface area contributed by atoms with Gasteiger partial charge in [-0.05, 0) is 17.7 Å². The highest BCUT2D eigenvalue weighted by Crippen LogP contribution is 2.25. The lowest BCUT2D eigenvalue weighted by molar-refractivity contribution is 0.457. The number of phenolic OH excluding ortho intramolecular Hbond substituents is 1. The molecule has 0 aliphatic heterocycles. The van der Waals surface area contributed by atoms with Crippen LogP contribution in [-0.2, 0) is 0 Å². The number of fused-ring (bicyclic) bond motifs is 1. The summed E-state index contributed by atoms with van der Waals surface area (Å²) in [5.41, 5.74) is 7.38. The van der Waals surface area contributed by atoms with Gasteiger partial charge in [0, 0.05) is 10.3 Å². The van der Waals surface area contributed by atoms with E-state index in [0.717, 1.165) is 0 Å².